The first-order chi connectivity index (χ1) is 38.5. The van der Waals surface area contributed by atoms with Gasteiger partial charge in [0.05, 0.1) is 0 Å². The molecule has 0 aliphatic heterocycles. The van der Waals surface area contributed by atoms with Gasteiger partial charge < -0.3 is 14.2 Å². The lowest BCUT2D eigenvalue weighted by Gasteiger charge is -2.18. The Morgan fingerprint density at radius 2 is 0.500 bits per heavy atom. The molecule has 78 heavy (non-hydrogen) atoms. The van der Waals surface area contributed by atoms with Crippen molar-refractivity contribution in [3.8, 4) is 0 Å². The van der Waals surface area contributed by atoms with E-state index in [-0.39, 0.29) is 31.1 Å². The summed E-state index contributed by atoms with van der Waals surface area (Å²) in [6.07, 6.45) is 89.5. The van der Waals surface area contributed by atoms with Crippen molar-refractivity contribution < 1.29 is 28.6 Å². The molecule has 0 aromatic heterocycles. The van der Waals surface area contributed by atoms with Crippen molar-refractivity contribution >= 4 is 17.9 Å². The van der Waals surface area contributed by atoms with E-state index in [2.05, 4.69) is 130 Å². The predicted molar refractivity (Wildman–Crippen MR) is 339 cm³/mol. The monoisotopic (exact) mass is 1080 g/mol. The smallest absolute Gasteiger partial charge is 0.306 e. The number of hydrogen-bond donors (Lipinski definition) is 0. The van der Waals surface area contributed by atoms with Crippen LogP contribution in [0.25, 0.3) is 0 Å². The summed E-state index contributed by atoms with van der Waals surface area (Å²) in [5.74, 6) is -0.936. The Morgan fingerprint density at radius 3 is 0.821 bits per heavy atom. The molecule has 0 aromatic rings. The molecule has 0 saturated heterocycles. The number of ether oxygens (including phenoxy) is 3. The third-order valence-corrected chi connectivity index (χ3v) is 14.0. The van der Waals surface area contributed by atoms with Crippen LogP contribution < -0.4 is 0 Å². The van der Waals surface area contributed by atoms with Gasteiger partial charge >= 0.3 is 17.9 Å². The van der Waals surface area contributed by atoms with E-state index < -0.39 is 6.10 Å². The fourth-order valence-corrected chi connectivity index (χ4v) is 9.10. The Kier molecular flexibility index (Phi) is 62.3. The molecule has 0 heterocycles. The first-order valence-electron chi connectivity index (χ1n) is 32.9. The highest BCUT2D eigenvalue weighted by Crippen LogP contribution is 2.16. The zero-order chi connectivity index (χ0) is 56.4. The largest absolute Gasteiger partial charge is 0.462 e. The lowest BCUT2D eigenvalue weighted by Crippen LogP contribution is -2.30. The fourth-order valence-electron chi connectivity index (χ4n) is 9.10. The Morgan fingerprint density at radius 1 is 0.269 bits per heavy atom. The number of carbonyl (C=O) groups excluding carboxylic acids is 3. The van der Waals surface area contributed by atoms with Crippen LogP contribution >= 0.6 is 0 Å². The van der Waals surface area contributed by atoms with Crippen LogP contribution in [0.15, 0.2) is 109 Å². The molecular formula is C72H122O6. The van der Waals surface area contributed by atoms with Gasteiger partial charge in [-0.05, 0) is 109 Å². The molecule has 0 N–H and O–H groups in total. The Labute approximate surface area is 482 Å². The summed E-state index contributed by atoms with van der Waals surface area (Å²) in [7, 11) is 0. The number of hydrogen-bond acceptors (Lipinski definition) is 6. The van der Waals surface area contributed by atoms with Crippen LogP contribution in [0.2, 0.25) is 0 Å². The zero-order valence-corrected chi connectivity index (χ0v) is 51.2. The summed E-state index contributed by atoms with van der Waals surface area (Å²) in [4.78, 5) is 38.3. The van der Waals surface area contributed by atoms with E-state index >= 15 is 0 Å². The van der Waals surface area contributed by atoms with E-state index in [1.807, 2.05) is 0 Å². The van der Waals surface area contributed by atoms with Gasteiger partial charge in [0.2, 0.25) is 0 Å². The highest BCUT2D eigenvalue weighted by atomic mass is 16.6. The normalized spacial score (nSPS) is 12.8. The van der Waals surface area contributed by atoms with Crippen LogP contribution in [0.5, 0.6) is 0 Å². The minimum atomic E-state index is -0.801. The van der Waals surface area contributed by atoms with E-state index in [1.165, 1.54) is 154 Å². The molecule has 0 aliphatic rings. The van der Waals surface area contributed by atoms with Crippen molar-refractivity contribution in [2.45, 2.75) is 316 Å². The van der Waals surface area contributed by atoms with E-state index in [1.54, 1.807) is 0 Å². The van der Waals surface area contributed by atoms with Crippen molar-refractivity contribution in [1.29, 1.82) is 0 Å². The SMILES string of the molecule is CC/C=C\C/C=C\C/C=C\C/C=C\C/C=C\C/C=C\C/C=C\C/C=C\CCCCC(=O)OCC(COC(=O)CCCCCCC/C=C\CCCCCCCCC)OC(=O)CCCCCCCCCCCCCCCCCCC. The first-order valence-corrected chi connectivity index (χ1v) is 32.9. The maximum atomic E-state index is 12.9. The second-order valence-corrected chi connectivity index (χ2v) is 21.6. The van der Waals surface area contributed by atoms with Crippen LogP contribution in [-0.2, 0) is 28.6 Å². The second kappa shape index (κ2) is 65.6. The van der Waals surface area contributed by atoms with Crippen molar-refractivity contribution in [3.05, 3.63) is 109 Å². The lowest BCUT2D eigenvalue weighted by atomic mass is 10.0. The molecule has 6 nitrogen and oxygen atoms in total. The number of unbranched alkanes of at least 4 members (excludes halogenated alkanes) is 30. The van der Waals surface area contributed by atoms with Crippen molar-refractivity contribution in [2.24, 2.45) is 0 Å². The van der Waals surface area contributed by atoms with E-state index in [0.29, 0.717) is 19.3 Å². The molecule has 0 bridgehead atoms. The summed E-state index contributed by atoms with van der Waals surface area (Å²) in [5, 5.41) is 0. The van der Waals surface area contributed by atoms with Crippen LogP contribution in [0, 0.1) is 0 Å². The minimum Gasteiger partial charge on any atom is -0.462 e. The van der Waals surface area contributed by atoms with Gasteiger partial charge in [0, 0.05) is 19.3 Å². The molecule has 1 unspecified atom stereocenters. The van der Waals surface area contributed by atoms with Gasteiger partial charge in [-0.1, -0.05) is 291 Å². The molecule has 0 radical (unpaired) electrons. The summed E-state index contributed by atoms with van der Waals surface area (Å²) >= 11 is 0. The topological polar surface area (TPSA) is 78.9 Å². The zero-order valence-electron chi connectivity index (χ0n) is 51.2. The summed E-state index contributed by atoms with van der Waals surface area (Å²) < 4.78 is 16.9. The van der Waals surface area contributed by atoms with E-state index in [4.69, 9.17) is 14.2 Å². The Hall–Kier alpha value is -3.93. The van der Waals surface area contributed by atoms with Crippen LogP contribution in [0.4, 0.5) is 0 Å². The average Bonchev–Trinajstić information content (AvgIpc) is 3.44. The lowest BCUT2D eigenvalue weighted by molar-refractivity contribution is -0.167. The molecule has 0 aliphatic carbocycles. The minimum absolute atomic E-state index is 0.0945. The average molecular weight is 1080 g/mol. The van der Waals surface area contributed by atoms with Gasteiger partial charge in [0.25, 0.3) is 0 Å². The first kappa shape index (κ1) is 74.1. The van der Waals surface area contributed by atoms with Gasteiger partial charge in [-0.3, -0.25) is 14.4 Å². The summed E-state index contributed by atoms with van der Waals surface area (Å²) in [5.41, 5.74) is 0. The fraction of sp³-hybridized carbons (Fsp3) is 0.708. The highest BCUT2D eigenvalue weighted by Gasteiger charge is 2.19. The van der Waals surface area contributed by atoms with E-state index in [9.17, 15) is 14.4 Å². The molecule has 0 fully saturated rings. The van der Waals surface area contributed by atoms with Gasteiger partial charge in [0.1, 0.15) is 13.2 Å². The molecule has 0 rings (SSSR count). The molecule has 6 heteroatoms. The molecule has 0 saturated carbocycles. The maximum Gasteiger partial charge on any atom is 0.306 e. The van der Waals surface area contributed by atoms with Crippen LogP contribution in [0.1, 0.15) is 310 Å². The third kappa shape index (κ3) is 62.9. The molecule has 1 atom stereocenters. The van der Waals surface area contributed by atoms with Gasteiger partial charge in [0.15, 0.2) is 6.10 Å². The number of allylic oxidation sites excluding steroid dienone is 18. The summed E-state index contributed by atoms with van der Waals surface area (Å²) in [6, 6.07) is 0. The highest BCUT2D eigenvalue weighted by molar-refractivity contribution is 5.71. The van der Waals surface area contributed by atoms with Crippen molar-refractivity contribution in [1.82, 2.24) is 0 Å². The number of esters is 3. The molecule has 0 amide bonds. The summed E-state index contributed by atoms with van der Waals surface area (Å²) in [6.45, 7) is 6.51. The van der Waals surface area contributed by atoms with E-state index in [0.717, 1.165) is 116 Å². The van der Waals surface area contributed by atoms with Crippen molar-refractivity contribution in [2.75, 3.05) is 13.2 Å². The quantitative estimate of drug-likeness (QED) is 0.0261. The van der Waals surface area contributed by atoms with Crippen LogP contribution in [-0.4, -0.2) is 37.2 Å². The van der Waals surface area contributed by atoms with Gasteiger partial charge in [-0.25, -0.2) is 0 Å². The Balaban J connectivity index is 4.44. The van der Waals surface area contributed by atoms with Crippen LogP contribution in [0.3, 0.4) is 0 Å². The maximum absolute atomic E-state index is 12.9. The standard InChI is InChI=1S/C72H122O6/c1-4-7-10-13-16-19-22-25-28-31-32-33-34-35-36-37-38-39-40-42-44-47-50-53-56-59-62-65-71(74)77-68-69(67-76-70(73)64-61-58-55-52-49-46-43-30-27-24-21-18-15-12-9-6-3)78-72(75)66-63-60-57-54-51-48-45-41-29-26-23-20-17-14-11-8-5-2/h7,10,16,19,25,28,30,32-33,35-36,38-39,42-44,50,53,69H,4-6,8-9,11-15,17-18,20-24,26-27,29,31,34,37,40-41,45-49,51-52,54-68H2,1-3H3/b10-7-,19-16-,28-25-,33-32-,36-35-,39-38-,43-30-,44-42-,53-50-. The molecule has 446 valence electrons. The number of rotatable bonds is 59. The van der Waals surface area contributed by atoms with Gasteiger partial charge in [-0.2, -0.15) is 0 Å². The molecule has 0 spiro atoms. The molecule has 0 aromatic carbocycles. The van der Waals surface area contributed by atoms with Gasteiger partial charge in [-0.15, -0.1) is 0 Å². The molecular weight excluding hydrogens is 961 g/mol. The third-order valence-electron chi connectivity index (χ3n) is 14.0. The predicted octanol–water partition coefficient (Wildman–Crippen LogP) is 22.6. The number of carbonyl (C=O) groups is 3. The van der Waals surface area contributed by atoms with Crippen molar-refractivity contribution in [3.63, 3.8) is 0 Å². The second-order valence-electron chi connectivity index (χ2n) is 21.6. The Bertz CT molecular complexity index is 1570.